The second-order valence-electron chi connectivity index (χ2n) is 3.81. The molecule has 1 fully saturated rings. The van der Waals surface area contributed by atoms with E-state index in [1.165, 1.54) is 24.6 Å². The Bertz CT molecular complexity index is 374. The third-order valence-corrected chi connectivity index (χ3v) is 3.73. The van der Waals surface area contributed by atoms with Crippen molar-refractivity contribution in [2.24, 2.45) is 0 Å². The molecular formula is C10H13BrN2O2S. The number of thioether (sulfide) groups is 1. The molecule has 1 unspecified atom stereocenters. The van der Waals surface area contributed by atoms with Crippen LogP contribution in [0.15, 0.2) is 15.7 Å². The summed E-state index contributed by atoms with van der Waals surface area (Å²) in [5.41, 5.74) is 0. The van der Waals surface area contributed by atoms with Gasteiger partial charge in [0.1, 0.15) is 15.5 Å². The van der Waals surface area contributed by atoms with Gasteiger partial charge in [0.05, 0.1) is 12.7 Å². The molecule has 1 aromatic heterocycles. The number of halogens is 1. The van der Waals surface area contributed by atoms with Crippen LogP contribution in [0.2, 0.25) is 0 Å². The van der Waals surface area contributed by atoms with Crippen molar-refractivity contribution in [2.75, 3.05) is 12.4 Å². The fourth-order valence-corrected chi connectivity index (χ4v) is 2.62. The molecule has 2 N–H and O–H groups in total. The lowest BCUT2D eigenvalue weighted by atomic mass is 10.4. The van der Waals surface area contributed by atoms with Crippen molar-refractivity contribution in [3.63, 3.8) is 0 Å². The lowest BCUT2D eigenvalue weighted by Gasteiger charge is -2.07. The van der Waals surface area contributed by atoms with E-state index in [2.05, 4.69) is 25.9 Å². The molecule has 0 aliphatic heterocycles. The van der Waals surface area contributed by atoms with Gasteiger partial charge in [-0.05, 0) is 28.8 Å². The van der Waals surface area contributed by atoms with Gasteiger partial charge in [0, 0.05) is 17.7 Å². The summed E-state index contributed by atoms with van der Waals surface area (Å²) in [5, 5.41) is 18.8. The van der Waals surface area contributed by atoms with Gasteiger partial charge in [-0.25, -0.2) is 9.97 Å². The molecule has 88 valence electrons. The normalized spacial score (nSPS) is 17.4. The Morgan fingerprint density at radius 1 is 1.50 bits per heavy atom. The summed E-state index contributed by atoms with van der Waals surface area (Å²) in [6.07, 6.45) is 1.64. The maximum Gasteiger partial charge on any atom is 0.134 e. The van der Waals surface area contributed by atoms with E-state index in [4.69, 9.17) is 5.11 Å². The van der Waals surface area contributed by atoms with Gasteiger partial charge in [0.25, 0.3) is 0 Å². The number of rotatable bonds is 5. The number of hydrogen-bond acceptors (Lipinski definition) is 5. The van der Waals surface area contributed by atoms with Crippen LogP contribution in [0.5, 0.6) is 0 Å². The van der Waals surface area contributed by atoms with Gasteiger partial charge >= 0.3 is 0 Å². The van der Waals surface area contributed by atoms with Crippen molar-refractivity contribution >= 4 is 27.7 Å². The smallest absolute Gasteiger partial charge is 0.134 e. The summed E-state index contributed by atoms with van der Waals surface area (Å²) in [7, 11) is 0. The SMILES string of the molecule is OCC(O)CSc1cc(Br)nc(C2CC2)n1. The quantitative estimate of drug-likeness (QED) is 0.638. The average molecular weight is 305 g/mol. The molecule has 1 aromatic rings. The minimum atomic E-state index is -0.692. The van der Waals surface area contributed by atoms with Crippen molar-refractivity contribution in [3.05, 3.63) is 16.5 Å². The average Bonchev–Trinajstić information content (AvgIpc) is 3.09. The minimum Gasteiger partial charge on any atom is -0.394 e. The maximum absolute atomic E-state index is 9.25. The molecule has 1 heterocycles. The Labute approximate surface area is 107 Å². The molecule has 6 heteroatoms. The number of nitrogens with zero attached hydrogens (tertiary/aromatic N) is 2. The second-order valence-corrected chi connectivity index (χ2v) is 5.66. The van der Waals surface area contributed by atoms with Crippen LogP contribution in [0, 0.1) is 0 Å². The third-order valence-electron chi connectivity index (χ3n) is 2.27. The van der Waals surface area contributed by atoms with Crippen LogP contribution in [0.4, 0.5) is 0 Å². The van der Waals surface area contributed by atoms with E-state index in [1.807, 2.05) is 6.07 Å². The lowest BCUT2D eigenvalue weighted by molar-refractivity contribution is 0.113. The number of aromatic nitrogens is 2. The van der Waals surface area contributed by atoms with E-state index in [-0.39, 0.29) is 6.61 Å². The molecule has 1 aliphatic carbocycles. The molecule has 1 saturated carbocycles. The first-order valence-corrected chi connectivity index (χ1v) is 6.93. The predicted molar refractivity (Wildman–Crippen MR) is 65.5 cm³/mol. The molecule has 1 aliphatic rings. The van der Waals surface area contributed by atoms with E-state index in [0.29, 0.717) is 11.7 Å². The lowest BCUT2D eigenvalue weighted by Crippen LogP contribution is -2.14. The minimum absolute atomic E-state index is 0.214. The van der Waals surface area contributed by atoms with Gasteiger partial charge in [-0.15, -0.1) is 11.8 Å². The summed E-state index contributed by atoms with van der Waals surface area (Å²) in [5.74, 6) is 1.85. The Morgan fingerprint density at radius 2 is 2.25 bits per heavy atom. The highest BCUT2D eigenvalue weighted by Crippen LogP contribution is 2.39. The van der Waals surface area contributed by atoms with Gasteiger partial charge in [-0.2, -0.15) is 0 Å². The molecule has 2 rings (SSSR count). The molecule has 0 bridgehead atoms. The topological polar surface area (TPSA) is 66.2 Å². The first kappa shape index (κ1) is 12.3. The van der Waals surface area contributed by atoms with E-state index >= 15 is 0 Å². The highest BCUT2D eigenvalue weighted by Gasteiger charge is 2.27. The van der Waals surface area contributed by atoms with Crippen LogP contribution in [-0.2, 0) is 0 Å². The van der Waals surface area contributed by atoms with E-state index in [1.54, 1.807) is 0 Å². The van der Waals surface area contributed by atoms with Crippen LogP contribution in [0.25, 0.3) is 0 Å². The monoisotopic (exact) mass is 304 g/mol. The standard InChI is InChI=1S/C10H13BrN2O2S/c11-8-3-9(16-5-7(15)4-14)13-10(12-8)6-1-2-6/h3,6-7,14-15H,1-2,4-5H2. The molecule has 1 atom stereocenters. The fourth-order valence-electron chi connectivity index (χ4n) is 1.25. The number of aliphatic hydroxyl groups is 2. The summed E-state index contributed by atoms with van der Waals surface area (Å²) >= 11 is 4.79. The highest BCUT2D eigenvalue weighted by molar-refractivity contribution is 9.10. The van der Waals surface area contributed by atoms with Gasteiger partial charge < -0.3 is 10.2 Å². The zero-order valence-electron chi connectivity index (χ0n) is 8.64. The van der Waals surface area contributed by atoms with Crippen LogP contribution >= 0.6 is 27.7 Å². The first-order valence-electron chi connectivity index (χ1n) is 5.15. The predicted octanol–water partition coefficient (Wildman–Crippen LogP) is 1.56. The van der Waals surface area contributed by atoms with E-state index < -0.39 is 6.10 Å². The van der Waals surface area contributed by atoms with Crippen molar-refractivity contribution in [3.8, 4) is 0 Å². The fraction of sp³-hybridized carbons (Fsp3) is 0.600. The first-order chi connectivity index (χ1) is 7.69. The van der Waals surface area contributed by atoms with Crippen molar-refractivity contribution < 1.29 is 10.2 Å². The summed E-state index contributed by atoms with van der Waals surface area (Å²) in [4.78, 5) is 8.75. The van der Waals surface area contributed by atoms with Gasteiger partial charge in [0.2, 0.25) is 0 Å². The molecule has 0 saturated heterocycles. The molecule has 0 radical (unpaired) electrons. The molecule has 0 amide bonds. The third kappa shape index (κ3) is 3.41. The molecular weight excluding hydrogens is 292 g/mol. The highest BCUT2D eigenvalue weighted by atomic mass is 79.9. The number of aliphatic hydroxyl groups excluding tert-OH is 2. The Hall–Kier alpha value is -0.170. The van der Waals surface area contributed by atoms with Gasteiger partial charge in [-0.1, -0.05) is 0 Å². The van der Waals surface area contributed by atoms with Crippen LogP contribution in [0.3, 0.4) is 0 Å². The molecule has 16 heavy (non-hydrogen) atoms. The summed E-state index contributed by atoms with van der Waals surface area (Å²) < 4.78 is 0.783. The largest absolute Gasteiger partial charge is 0.394 e. The van der Waals surface area contributed by atoms with Crippen molar-refractivity contribution in [1.82, 2.24) is 9.97 Å². The van der Waals surface area contributed by atoms with Gasteiger partial charge in [-0.3, -0.25) is 0 Å². The Morgan fingerprint density at radius 3 is 2.88 bits per heavy atom. The van der Waals surface area contributed by atoms with Gasteiger partial charge in [0.15, 0.2) is 0 Å². The Balaban J connectivity index is 2.02. The zero-order chi connectivity index (χ0) is 11.5. The van der Waals surface area contributed by atoms with Crippen LogP contribution < -0.4 is 0 Å². The second kappa shape index (κ2) is 5.44. The zero-order valence-corrected chi connectivity index (χ0v) is 11.0. The number of hydrogen-bond donors (Lipinski definition) is 2. The molecule has 0 aromatic carbocycles. The van der Waals surface area contributed by atoms with E-state index in [0.717, 1.165) is 15.5 Å². The summed E-state index contributed by atoms with van der Waals surface area (Å²) in [6.45, 7) is -0.214. The van der Waals surface area contributed by atoms with Crippen molar-refractivity contribution in [1.29, 1.82) is 0 Å². The van der Waals surface area contributed by atoms with Crippen molar-refractivity contribution in [2.45, 2.75) is 29.9 Å². The Kier molecular flexibility index (Phi) is 4.18. The molecule has 0 spiro atoms. The van der Waals surface area contributed by atoms with E-state index in [9.17, 15) is 5.11 Å². The van der Waals surface area contributed by atoms with Crippen LogP contribution in [0.1, 0.15) is 24.6 Å². The maximum atomic E-state index is 9.25. The molecule has 4 nitrogen and oxygen atoms in total. The van der Waals surface area contributed by atoms with Crippen LogP contribution in [-0.4, -0.2) is 38.6 Å². The summed E-state index contributed by atoms with van der Waals surface area (Å²) in [6, 6.07) is 1.83.